The summed E-state index contributed by atoms with van der Waals surface area (Å²) in [4.78, 5) is 8.95. The zero-order valence-electron chi connectivity index (χ0n) is 17.6. The third-order valence-electron chi connectivity index (χ3n) is 4.34. The lowest BCUT2D eigenvalue weighted by Crippen LogP contribution is -2.19. The molecule has 0 unspecified atom stereocenters. The molecule has 6 heteroatoms. The molecule has 0 bridgehead atoms. The van der Waals surface area contributed by atoms with Gasteiger partial charge in [0.25, 0.3) is 0 Å². The molecule has 0 amide bonds. The van der Waals surface area contributed by atoms with Crippen LogP contribution in [0.3, 0.4) is 0 Å². The molecule has 154 valence electrons. The average Bonchev–Trinajstić information content (AvgIpc) is 2.74. The van der Waals surface area contributed by atoms with Crippen molar-refractivity contribution in [1.82, 2.24) is 15.3 Å². The first-order valence-electron chi connectivity index (χ1n) is 9.98. The summed E-state index contributed by atoms with van der Waals surface area (Å²) in [5, 5.41) is 6.65. The van der Waals surface area contributed by atoms with Crippen molar-refractivity contribution in [2.45, 2.75) is 27.2 Å². The molecule has 29 heavy (non-hydrogen) atoms. The van der Waals surface area contributed by atoms with Gasteiger partial charge in [-0.2, -0.15) is 0 Å². The minimum atomic E-state index is 0.483. The summed E-state index contributed by atoms with van der Waals surface area (Å²) in [5.74, 6) is 0.590. The topological polar surface area (TPSA) is 102 Å². The highest BCUT2D eigenvalue weighted by atomic mass is 15.1. The maximum Gasteiger partial charge on any atom is 0.223 e. The molecular weight excluding hydrogens is 360 g/mol. The van der Waals surface area contributed by atoms with Crippen LogP contribution in [0.2, 0.25) is 0 Å². The average molecular weight is 393 g/mol. The largest absolute Gasteiger partial charge is 0.397 e. The Morgan fingerprint density at radius 3 is 2.59 bits per heavy atom. The summed E-state index contributed by atoms with van der Waals surface area (Å²) in [6.07, 6.45) is 8.78. The molecule has 0 aliphatic rings. The van der Waals surface area contributed by atoms with Crippen LogP contribution in [0.5, 0.6) is 0 Å². The molecule has 2 aromatic rings. The summed E-state index contributed by atoms with van der Waals surface area (Å²) in [6.45, 7) is 8.01. The van der Waals surface area contributed by atoms with E-state index in [0.717, 1.165) is 35.5 Å². The molecule has 6 N–H and O–H groups in total. The molecule has 0 fully saturated rings. The number of rotatable bonds is 10. The van der Waals surface area contributed by atoms with E-state index in [1.165, 1.54) is 5.56 Å². The third kappa shape index (κ3) is 6.76. The molecule has 1 aromatic heterocycles. The van der Waals surface area contributed by atoms with Crippen molar-refractivity contribution in [3.8, 4) is 0 Å². The van der Waals surface area contributed by atoms with Crippen LogP contribution in [0.25, 0.3) is 11.4 Å². The summed E-state index contributed by atoms with van der Waals surface area (Å²) < 4.78 is 0. The number of hydrogen-bond donors (Lipinski definition) is 4. The quantitative estimate of drug-likeness (QED) is 0.462. The van der Waals surface area contributed by atoms with Gasteiger partial charge in [0.15, 0.2) is 0 Å². The molecule has 0 aliphatic carbocycles. The van der Waals surface area contributed by atoms with Gasteiger partial charge in [-0.3, -0.25) is 0 Å². The molecule has 0 atom stereocenters. The van der Waals surface area contributed by atoms with Gasteiger partial charge in [-0.1, -0.05) is 55.0 Å². The van der Waals surface area contributed by atoms with E-state index in [1.807, 2.05) is 49.4 Å². The van der Waals surface area contributed by atoms with Crippen LogP contribution in [-0.4, -0.2) is 29.6 Å². The van der Waals surface area contributed by atoms with Gasteiger partial charge in [0.2, 0.25) is 5.95 Å². The van der Waals surface area contributed by atoms with E-state index >= 15 is 0 Å². The number of benzene rings is 1. The molecule has 0 spiro atoms. The summed E-state index contributed by atoms with van der Waals surface area (Å²) in [7, 11) is 0. The van der Waals surface area contributed by atoms with Gasteiger partial charge < -0.3 is 22.1 Å². The Balaban J connectivity index is 2.40. The number of anilines is 1. The first-order chi connectivity index (χ1) is 14.1. The Morgan fingerprint density at radius 2 is 1.93 bits per heavy atom. The van der Waals surface area contributed by atoms with E-state index < -0.39 is 0 Å². The van der Waals surface area contributed by atoms with Crippen molar-refractivity contribution in [3.63, 3.8) is 0 Å². The normalized spacial score (nSPS) is 12.8. The van der Waals surface area contributed by atoms with E-state index in [-0.39, 0.29) is 0 Å². The van der Waals surface area contributed by atoms with Crippen LogP contribution in [-0.2, 0) is 0 Å². The second-order valence-corrected chi connectivity index (χ2v) is 6.71. The zero-order valence-corrected chi connectivity index (χ0v) is 17.6. The van der Waals surface area contributed by atoms with Gasteiger partial charge in [0.1, 0.15) is 0 Å². The van der Waals surface area contributed by atoms with Gasteiger partial charge in [-0.25, -0.2) is 9.97 Å². The second kappa shape index (κ2) is 11.7. The lowest BCUT2D eigenvalue weighted by Gasteiger charge is -2.15. The number of aryl methyl sites for hydroxylation is 1. The summed E-state index contributed by atoms with van der Waals surface area (Å²) >= 11 is 0. The monoisotopic (exact) mass is 392 g/mol. The third-order valence-corrected chi connectivity index (χ3v) is 4.34. The van der Waals surface area contributed by atoms with Gasteiger partial charge in [-0.05, 0) is 37.5 Å². The number of nitrogens with one attached hydrogen (secondary N) is 2. The Kier molecular flexibility index (Phi) is 8.92. The highest BCUT2D eigenvalue weighted by Gasteiger charge is 2.11. The van der Waals surface area contributed by atoms with Crippen molar-refractivity contribution >= 4 is 17.3 Å². The summed E-state index contributed by atoms with van der Waals surface area (Å²) in [6, 6.07) is 9.99. The predicted molar refractivity (Wildman–Crippen MR) is 123 cm³/mol. The molecule has 1 heterocycles. The van der Waals surface area contributed by atoms with E-state index in [1.54, 1.807) is 6.20 Å². The van der Waals surface area contributed by atoms with Crippen molar-refractivity contribution in [2.24, 2.45) is 11.5 Å². The van der Waals surface area contributed by atoms with Crippen molar-refractivity contribution in [1.29, 1.82) is 0 Å². The van der Waals surface area contributed by atoms with Crippen LogP contribution >= 0.6 is 0 Å². The van der Waals surface area contributed by atoms with Crippen LogP contribution < -0.4 is 22.1 Å². The van der Waals surface area contributed by atoms with Gasteiger partial charge >= 0.3 is 0 Å². The lowest BCUT2D eigenvalue weighted by atomic mass is 10.1. The Bertz CT molecular complexity index is 865. The molecule has 2 rings (SSSR count). The fraction of sp³-hybridized carbons (Fsp3) is 0.304. The minimum Gasteiger partial charge on any atom is -0.397 e. The van der Waals surface area contributed by atoms with E-state index in [0.29, 0.717) is 24.7 Å². The summed E-state index contributed by atoms with van der Waals surface area (Å²) in [5.41, 5.74) is 17.7. The minimum absolute atomic E-state index is 0.483. The van der Waals surface area contributed by atoms with Crippen LogP contribution in [0.1, 0.15) is 37.1 Å². The number of hydrogen-bond acceptors (Lipinski definition) is 6. The predicted octanol–water partition coefficient (Wildman–Crippen LogP) is 3.44. The molecule has 1 aromatic carbocycles. The van der Waals surface area contributed by atoms with Gasteiger partial charge in [0, 0.05) is 25.8 Å². The van der Waals surface area contributed by atoms with Crippen LogP contribution in [0.15, 0.2) is 60.3 Å². The lowest BCUT2D eigenvalue weighted by molar-refractivity contribution is 0.939. The molecule has 0 saturated carbocycles. The molecule has 6 nitrogen and oxygen atoms in total. The Labute approximate surface area is 173 Å². The molecule has 0 aliphatic heterocycles. The number of allylic oxidation sites excluding steroid dienone is 1. The van der Waals surface area contributed by atoms with E-state index in [4.69, 9.17) is 11.5 Å². The van der Waals surface area contributed by atoms with Crippen molar-refractivity contribution in [3.05, 3.63) is 77.2 Å². The van der Waals surface area contributed by atoms with Crippen LogP contribution in [0.4, 0.5) is 5.95 Å². The Morgan fingerprint density at radius 1 is 1.17 bits per heavy atom. The number of aromatic nitrogens is 2. The number of nitrogens with two attached hydrogens (primary N) is 2. The van der Waals surface area contributed by atoms with Crippen molar-refractivity contribution in [2.75, 3.05) is 25.0 Å². The fourth-order valence-corrected chi connectivity index (χ4v) is 2.74. The highest BCUT2D eigenvalue weighted by molar-refractivity contribution is 5.87. The number of nitrogens with zero attached hydrogens (tertiary/aromatic N) is 2. The SMILES string of the molecule is C/C=C\C(=C/CN/C(=C(\N)c1ccc(C)cc1)c1ccnc(NCCC)n1)CN. The zero-order chi connectivity index (χ0) is 21.1. The maximum absolute atomic E-state index is 6.56. The van der Waals surface area contributed by atoms with Crippen molar-refractivity contribution < 1.29 is 0 Å². The molecule has 0 saturated heterocycles. The first-order valence-corrected chi connectivity index (χ1v) is 9.98. The standard InChI is InChI=1S/C23H32N6/c1-4-6-18(16-24)11-14-26-22(21(25)19-9-7-17(3)8-10-19)20-12-15-28-23(29-20)27-13-5-2/h4,6-12,15,26H,5,13-14,16,24-25H2,1-3H3,(H,27,28,29)/b6-4-,18-11+,22-21-. The van der Waals surface area contributed by atoms with Gasteiger partial charge in [-0.15, -0.1) is 0 Å². The van der Waals surface area contributed by atoms with E-state index in [9.17, 15) is 0 Å². The first kappa shape index (κ1) is 22.2. The smallest absolute Gasteiger partial charge is 0.223 e. The highest BCUT2D eigenvalue weighted by Crippen LogP contribution is 2.20. The van der Waals surface area contributed by atoms with Gasteiger partial charge in [0.05, 0.1) is 17.1 Å². The maximum atomic E-state index is 6.56. The van der Waals surface area contributed by atoms with E-state index in [2.05, 4.69) is 40.5 Å². The fourth-order valence-electron chi connectivity index (χ4n) is 2.74. The Hall–Kier alpha value is -3.12. The molecule has 0 radical (unpaired) electrons. The van der Waals surface area contributed by atoms with Crippen LogP contribution in [0, 0.1) is 6.92 Å². The molecular formula is C23H32N6. The second-order valence-electron chi connectivity index (χ2n) is 6.71.